The fourth-order valence-electron chi connectivity index (χ4n) is 2.56. The highest BCUT2D eigenvalue weighted by atomic mass is 35.5. The SMILES string of the molecule is CS(=O)(=O)c1nc(Cl)c(C(=O)NCc2ccccc2)c(NCc2ccccc2)n1. The predicted octanol–water partition coefficient (Wildman–Crippen LogP) is 3.08. The van der Waals surface area contributed by atoms with E-state index in [1.54, 1.807) is 0 Å². The molecule has 0 saturated carbocycles. The Hall–Kier alpha value is -2.97. The van der Waals surface area contributed by atoms with Gasteiger partial charge in [0, 0.05) is 19.3 Å². The van der Waals surface area contributed by atoms with Gasteiger partial charge in [-0.05, 0) is 11.1 Å². The molecule has 9 heteroatoms. The first kappa shape index (κ1) is 20.8. The lowest BCUT2D eigenvalue weighted by Gasteiger charge is -2.14. The Morgan fingerprint density at radius 3 is 2.03 bits per heavy atom. The molecule has 150 valence electrons. The van der Waals surface area contributed by atoms with Crippen molar-refractivity contribution < 1.29 is 13.2 Å². The normalized spacial score (nSPS) is 11.1. The van der Waals surface area contributed by atoms with Gasteiger partial charge in [-0.2, -0.15) is 0 Å². The number of halogens is 1. The summed E-state index contributed by atoms with van der Waals surface area (Å²) in [6.07, 6.45) is 0.981. The van der Waals surface area contributed by atoms with Crippen molar-refractivity contribution in [3.8, 4) is 0 Å². The van der Waals surface area contributed by atoms with Crippen molar-refractivity contribution in [2.24, 2.45) is 0 Å². The number of carbonyl (C=O) groups is 1. The molecule has 0 atom stereocenters. The molecule has 0 aliphatic carbocycles. The van der Waals surface area contributed by atoms with E-state index in [1.807, 2.05) is 60.7 Å². The molecule has 0 radical (unpaired) electrons. The summed E-state index contributed by atoms with van der Waals surface area (Å²) in [6, 6.07) is 18.8. The highest BCUT2D eigenvalue weighted by molar-refractivity contribution is 7.90. The highest BCUT2D eigenvalue weighted by Gasteiger charge is 2.23. The number of nitrogens with zero attached hydrogens (tertiary/aromatic N) is 2. The average molecular weight is 431 g/mol. The number of anilines is 1. The predicted molar refractivity (Wildman–Crippen MR) is 112 cm³/mol. The summed E-state index contributed by atoms with van der Waals surface area (Å²) >= 11 is 6.18. The van der Waals surface area contributed by atoms with E-state index in [2.05, 4.69) is 20.6 Å². The van der Waals surface area contributed by atoms with Crippen LogP contribution >= 0.6 is 11.6 Å². The number of nitrogens with one attached hydrogen (secondary N) is 2. The molecule has 0 bridgehead atoms. The Labute approximate surface area is 174 Å². The van der Waals surface area contributed by atoms with Crippen LogP contribution in [0.15, 0.2) is 65.8 Å². The minimum absolute atomic E-state index is 0.00840. The Morgan fingerprint density at radius 2 is 1.48 bits per heavy atom. The third-order valence-electron chi connectivity index (χ3n) is 4.00. The van der Waals surface area contributed by atoms with Gasteiger partial charge < -0.3 is 10.6 Å². The van der Waals surface area contributed by atoms with E-state index in [0.717, 1.165) is 17.4 Å². The van der Waals surface area contributed by atoms with Crippen LogP contribution in [0.2, 0.25) is 5.15 Å². The zero-order valence-electron chi connectivity index (χ0n) is 15.6. The standard InChI is InChI=1S/C20H19ClN4O3S/c1-29(27,28)20-24-17(21)16(19(26)23-13-15-10-6-3-7-11-15)18(25-20)22-12-14-8-4-2-5-9-14/h2-11H,12-13H2,1H3,(H,23,26)(H,22,24,25). The van der Waals surface area contributed by atoms with Crippen LogP contribution in [0.1, 0.15) is 21.5 Å². The molecule has 0 fully saturated rings. The highest BCUT2D eigenvalue weighted by Crippen LogP contribution is 2.24. The Bertz CT molecular complexity index is 1110. The fourth-order valence-corrected chi connectivity index (χ4v) is 3.38. The summed E-state index contributed by atoms with van der Waals surface area (Å²) in [6.45, 7) is 0.609. The largest absolute Gasteiger partial charge is 0.365 e. The van der Waals surface area contributed by atoms with Crippen LogP contribution in [0.25, 0.3) is 0 Å². The summed E-state index contributed by atoms with van der Waals surface area (Å²) in [7, 11) is -3.71. The van der Waals surface area contributed by atoms with Crippen molar-refractivity contribution >= 4 is 33.2 Å². The zero-order valence-corrected chi connectivity index (χ0v) is 17.2. The first-order valence-electron chi connectivity index (χ1n) is 8.72. The number of carbonyl (C=O) groups excluding carboxylic acids is 1. The van der Waals surface area contributed by atoms with Crippen LogP contribution in [0, 0.1) is 0 Å². The van der Waals surface area contributed by atoms with Crippen LogP contribution in [0.4, 0.5) is 5.82 Å². The molecule has 0 aliphatic heterocycles. The Balaban J connectivity index is 1.90. The summed E-state index contributed by atoms with van der Waals surface area (Å²) in [5.41, 5.74) is 1.83. The van der Waals surface area contributed by atoms with Crippen LogP contribution in [0.3, 0.4) is 0 Å². The average Bonchev–Trinajstić information content (AvgIpc) is 2.71. The van der Waals surface area contributed by atoms with Gasteiger partial charge in [-0.1, -0.05) is 72.3 Å². The summed E-state index contributed by atoms with van der Waals surface area (Å²) in [5.74, 6) is -0.450. The molecule has 3 rings (SSSR count). The summed E-state index contributed by atoms with van der Waals surface area (Å²) < 4.78 is 23.8. The van der Waals surface area contributed by atoms with Gasteiger partial charge in [-0.25, -0.2) is 18.4 Å². The molecule has 2 N–H and O–H groups in total. The zero-order chi connectivity index (χ0) is 20.9. The fraction of sp³-hybridized carbons (Fsp3) is 0.150. The monoisotopic (exact) mass is 430 g/mol. The van der Waals surface area contributed by atoms with E-state index in [0.29, 0.717) is 6.54 Å². The van der Waals surface area contributed by atoms with Gasteiger partial charge in [0.05, 0.1) is 0 Å². The van der Waals surface area contributed by atoms with Crippen LogP contribution < -0.4 is 10.6 Å². The van der Waals surface area contributed by atoms with Crippen molar-refractivity contribution in [2.45, 2.75) is 18.2 Å². The van der Waals surface area contributed by atoms with Gasteiger partial charge in [-0.3, -0.25) is 4.79 Å². The second kappa shape index (κ2) is 9.02. The number of benzene rings is 2. The third kappa shape index (κ3) is 5.52. The quantitative estimate of drug-likeness (QED) is 0.441. The first-order chi connectivity index (χ1) is 13.8. The molecule has 1 aromatic heterocycles. The smallest absolute Gasteiger partial charge is 0.258 e. The van der Waals surface area contributed by atoms with Gasteiger partial charge >= 0.3 is 0 Å². The van der Waals surface area contributed by atoms with E-state index < -0.39 is 20.9 Å². The van der Waals surface area contributed by atoms with E-state index >= 15 is 0 Å². The Kier molecular flexibility index (Phi) is 6.46. The van der Waals surface area contributed by atoms with E-state index in [9.17, 15) is 13.2 Å². The van der Waals surface area contributed by atoms with Crippen molar-refractivity contribution in [1.82, 2.24) is 15.3 Å². The number of aromatic nitrogens is 2. The molecule has 29 heavy (non-hydrogen) atoms. The van der Waals surface area contributed by atoms with Crippen LogP contribution in [-0.4, -0.2) is 30.5 Å². The van der Waals surface area contributed by atoms with Gasteiger partial charge in [0.15, 0.2) is 0 Å². The van der Waals surface area contributed by atoms with E-state index in [1.165, 1.54) is 0 Å². The third-order valence-corrected chi connectivity index (χ3v) is 5.12. The van der Waals surface area contributed by atoms with Gasteiger partial charge in [-0.15, -0.1) is 0 Å². The minimum atomic E-state index is -3.71. The second-order valence-corrected chi connectivity index (χ2v) is 8.57. The minimum Gasteiger partial charge on any atom is -0.365 e. The number of hydrogen-bond acceptors (Lipinski definition) is 6. The molecule has 0 saturated heterocycles. The molecule has 0 unspecified atom stereocenters. The second-order valence-electron chi connectivity index (χ2n) is 6.30. The van der Waals surface area contributed by atoms with E-state index in [-0.39, 0.29) is 23.1 Å². The topological polar surface area (TPSA) is 101 Å². The number of hydrogen-bond donors (Lipinski definition) is 2. The lowest BCUT2D eigenvalue weighted by molar-refractivity contribution is 0.0951. The van der Waals surface area contributed by atoms with Gasteiger partial charge in [0.25, 0.3) is 5.91 Å². The molecule has 0 aliphatic rings. The Morgan fingerprint density at radius 1 is 0.931 bits per heavy atom. The summed E-state index contributed by atoms with van der Waals surface area (Å²) in [5, 5.41) is 5.08. The molecule has 3 aromatic rings. The maximum Gasteiger partial charge on any atom is 0.258 e. The van der Waals surface area contributed by atoms with Gasteiger partial charge in [0.1, 0.15) is 16.5 Å². The van der Waals surface area contributed by atoms with Crippen molar-refractivity contribution in [2.75, 3.05) is 11.6 Å². The van der Waals surface area contributed by atoms with Crippen molar-refractivity contribution in [3.05, 3.63) is 82.5 Å². The molecule has 1 amide bonds. The molecule has 0 spiro atoms. The van der Waals surface area contributed by atoms with Crippen LogP contribution in [-0.2, 0) is 22.9 Å². The number of rotatable bonds is 7. The lowest BCUT2D eigenvalue weighted by atomic mass is 10.2. The maximum absolute atomic E-state index is 12.8. The van der Waals surface area contributed by atoms with Crippen LogP contribution in [0.5, 0.6) is 0 Å². The van der Waals surface area contributed by atoms with E-state index in [4.69, 9.17) is 11.6 Å². The molecular weight excluding hydrogens is 412 g/mol. The molecular formula is C20H19ClN4O3S. The summed E-state index contributed by atoms with van der Waals surface area (Å²) in [4.78, 5) is 20.6. The lowest BCUT2D eigenvalue weighted by Crippen LogP contribution is -2.26. The van der Waals surface area contributed by atoms with Gasteiger partial charge in [0.2, 0.25) is 15.0 Å². The van der Waals surface area contributed by atoms with Crippen molar-refractivity contribution in [1.29, 1.82) is 0 Å². The molecule has 7 nitrogen and oxygen atoms in total. The van der Waals surface area contributed by atoms with Crippen molar-refractivity contribution in [3.63, 3.8) is 0 Å². The maximum atomic E-state index is 12.8. The molecule has 2 aromatic carbocycles. The number of amides is 1. The molecule has 1 heterocycles. The first-order valence-corrected chi connectivity index (χ1v) is 11.0. The number of sulfone groups is 1.